The average molecular weight is 467 g/mol. The number of hydrogen-bond donors (Lipinski definition) is 2. The van der Waals surface area contributed by atoms with Gasteiger partial charge in [-0.1, -0.05) is 0 Å². The standard InChI is InChI=1S/C22H29F3N6O2/c23-22(24,25)15-26-20-4-3-17-18(29-20)1-2-19(28-17)21(32)27-16-5-7-30(8-6-16)9-10-31-11-13-33-14-12-31/h1-4,16H,5-15H2,(H,26,29)(H,27,32). The van der Waals surface area contributed by atoms with Crippen molar-refractivity contribution in [1.82, 2.24) is 25.1 Å². The fourth-order valence-corrected chi connectivity index (χ4v) is 4.09. The van der Waals surface area contributed by atoms with Gasteiger partial charge in [0.05, 0.1) is 24.2 Å². The molecule has 0 spiro atoms. The third-order valence-corrected chi connectivity index (χ3v) is 6.00. The Labute approximate surface area is 190 Å². The van der Waals surface area contributed by atoms with Gasteiger partial charge in [0.2, 0.25) is 0 Å². The summed E-state index contributed by atoms with van der Waals surface area (Å²) in [5.41, 5.74) is 1.15. The molecule has 1 amide bonds. The van der Waals surface area contributed by atoms with Crippen LogP contribution in [0.2, 0.25) is 0 Å². The first kappa shape index (κ1) is 23.7. The molecule has 0 unspecified atom stereocenters. The third-order valence-electron chi connectivity index (χ3n) is 6.00. The Morgan fingerprint density at radius 3 is 2.30 bits per heavy atom. The van der Waals surface area contributed by atoms with Crippen LogP contribution in [0, 0.1) is 0 Å². The maximum absolute atomic E-state index is 12.7. The fraction of sp³-hybridized carbons (Fsp3) is 0.591. The van der Waals surface area contributed by atoms with Crippen molar-refractivity contribution in [2.45, 2.75) is 25.1 Å². The second-order valence-electron chi connectivity index (χ2n) is 8.44. The second-order valence-corrected chi connectivity index (χ2v) is 8.44. The summed E-state index contributed by atoms with van der Waals surface area (Å²) in [7, 11) is 0. The number of hydrogen-bond acceptors (Lipinski definition) is 7. The van der Waals surface area contributed by atoms with Gasteiger partial charge in [-0.25, -0.2) is 9.97 Å². The summed E-state index contributed by atoms with van der Waals surface area (Å²) in [6.07, 6.45) is -2.55. The van der Waals surface area contributed by atoms with E-state index in [-0.39, 0.29) is 23.5 Å². The van der Waals surface area contributed by atoms with Crippen molar-refractivity contribution in [2.75, 3.05) is 64.3 Å². The lowest BCUT2D eigenvalue weighted by Gasteiger charge is -2.34. The number of pyridine rings is 2. The molecule has 0 bridgehead atoms. The van der Waals surface area contributed by atoms with Crippen molar-refractivity contribution >= 4 is 22.8 Å². The van der Waals surface area contributed by atoms with Crippen LogP contribution in [-0.2, 0) is 4.74 Å². The minimum absolute atomic E-state index is 0.0988. The molecule has 11 heteroatoms. The molecule has 8 nitrogen and oxygen atoms in total. The lowest BCUT2D eigenvalue weighted by molar-refractivity contribution is -0.115. The Bertz CT molecular complexity index is 943. The molecular formula is C22H29F3N6O2. The summed E-state index contributed by atoms with van der Waals surface area (Å²) >= 11 is 0. The quantitative estimate of drug-likeness (QED) is 0.647. The van der Waals surface area contributed by atoms with Gasteiger partial charge in [0.15, 0.2) is 0 Å². The molecule has 2 saturated heterocycles. The van der Waals surface area contributed by atoms with Crippen LogP contribution in [0.25, 0.3) is 11.0 Å². The van der Waals surface area contributed by atoms with Crippen LogP contribution in [0.3, 0.4) is 0 Å². The number of fused-ring (bicyclic) bond motifs is 1. The molecule has 0 aliphatic carbocycles. The van der Waals surface area contributed by atoms with Crippen molar-refractivity contribution in [3.8, 4) is 0 Å². The number of morpholine rings is 1. The summed E-state index contributed by atoms with van der Waals surface area (Å²) in [6.45, 7) is 6.40. The predicted molar refractivity (Wildman–Crippen MR) is 118 cm³/mol. The zero-order valence-corrected chi connectivity index (χ0v) is 18.4. The number of aromatic nitrogens is 2. The van der Waals surface area contributed by atoms with Gasteiger partial charge in [0, 0.05) is 45.3 Å². The van der Waals surface area contributed by atoms with Gasteiger partial charge in [-0.2, -0.15) is 13.2 Å². The van der Waals surface area contributed by atoms with Crippen LogP contribution < -0.4 is 10.6 Å². The number of piperidine rings is 1. The Kier molecular flexibility index (Phi) is 7.61. The van der Waals surface area contributed by atoms with Gasteiger partial charge >= 0.3 is 6.18 Å². The van der Waals surface area contributed by atoms with Gasteiger partial charge in [-0.3, -0.25) is 9.69 Å². The van der Waals surface area contributed by atoms with Gasteiger partial charge in [0.25, 0.3) is 5.91 Å². The topological polar surface area (TPSA) is 82.6 Å². The number of ether oxygens (including phenoxy) is 1. The Morgan fingerprint density at radius 1 is 0.970 bits per heavy atom. The molecule has 4 heterocycles. The first-order valence-electron chi connectivity index (χ1n) is 11.3. The SMILES string of the molecule is O=C(NC1CCN(CCN2CCOCC2)CC1)c1ccc2nc(NCC(F)(F)F)ccc2n1. The number of carbonyl (C=O) groups excluding carboxylic acids is 1. The van der Waals surface area contributed by atoms with Crippen molar-refractivity contribution < 1.29 is 22.7 Å². The molecule has 0 atom stereocenters. The minimum Gasteiger partial charge on any atom is -0.379 e. The summed E-state index contributed by atoms with van der Waals surface area (Å²) < 4.78 is 42.5. The van der Waals surface area contributed by atoms with Crippen LogP contribution in [0.4, 0.5) is 19.0 Å². The number of nitrogens with zero attached hydrogens (tertiary/aromatic N) is 4. The van der Waals surface area contributed by atoms with E-state index in [1.807, 2.05) is 0 Å². The summed E-state index contributed by atoms with van der Waals surface area (Å²) in [4.78, 5) is 26.0. The highest BCUT2D eigenvalue weighted by atomic mass is 19.4. The number of amides is 1. The largest absolute Gasteiger partial charge is 0.405 e. The molecule has 2 fully saturated rings. The molecule has 2 aliphatic heterocycles. The normalized spacial score (nSPS) is 19.0. The monoisotopic (exact) mass is 466 g/mol. The van der Waals surface area contributed by atoms with E-state index in [9.17, 15) is 18.0 Å². The van der Waals surface area contributed by atoms with E-state index < -0.39 is 12.7 Å². The molecule has 0 radical (unpaired) electrons. The van der Waals surface area contributed by atoms with E-state index in [0.717, 1.165) is 65.3 Å². The molecule has 180 valence electrons. The van der Waals surface area contributed by atoms with Crippen molar-refractivity contribution in [2.24, 2.45) is 0 Å². The van der Waals surface area contributed by atoms with Crippen molar-refractivity contribution in [3.05, 3.63) is 30.0 Å². The number of alkyl halides is 3. The number of rotatable bonds is 7. The Hall–Kier alpha value is -2.50. The highest BCUT2D eigenvalue weighted by Crippen LogP contribution is 2.18. The van der Waals surface area contributed by atoms with E-state index in [2.05, 4.69) is 30.4 Å². The van der Waals surface area contributed by atoms with Crippen LogP contribution in [0.5, 0.6) is 0 Å². The molecule has 2 aromatic rings. The molecular weight excluding hydrogens is 437 g/mol. The van der Waals surface area contributed by atoms with Gasteiger partial charge in [-0.05, 0) is 37.1 Å². The van der Waals surface area contributed by atoms with Gasteiger partial charge in [0.1, 0.15) is 18.1 Å². The second kappa shape index (κ2) is 10.6. The Balaban J connectivity index is 1.25. The Morgan fingerprint density at radius 2 is 1.61 bits per heavy atom. The molecule has 2 aliphatic rings. The first-order valence-corrected chi connectivity index (χ1v) is 11.3. The third kappa shape index (κ3) is 6.99. The molecule has 4 rings (SSSR count). The molecule has 2 N–H and O–H groups in total. The average Bonchev–Trinajstić information content (AvgIpc) is 2.82. The van der Waals surface area contributed by atoms with E-state index in [0.29, 0.717) is 11.0 Å². The number of halogens is 3. The van der Waals surface area contributed by atoms with Crippen molar-refractivity contribution in [1.29, 1.82) is 0 Å². The van der Waals surface area contributed by atoms with Crippen LogP contribution in [-0.4, -0.2) is 96.9 Å². The predicted octanol–water partition coefficient (Wildman–Crippen LogP) is 2.13. The number of anilines is 1. The lowest BCUT2D eigenvalue weighted by atomic mass is 10.0. The molecule has 0 saturated carbocycles. The lowest BCUT2D eigenvalue weighted by Crippen LogP contribution is -2.47. The minimum atomic E-state index is -4.32. The maximum Gasteiger partial charge on any atom is 0.405 e. The van der Waals surface area contributed by atoms with Crippen LogP contribution in [0.1, 0.15) is 23.3 Å². The summed E-state index contributed by atoms with van der Waals surface area (Å²) in [5.74, 6) is -0.137. The molecule has 0 aromatic carbocycles. The van der Waals surface area contributed by atoms with Crippen LogP contribution in [0.15, 0.2) is 24.3 Å². The van der Waals surface area contributed by atoms with E-state index in [4.69, 9.17) is 4.74 Å². The smallest absolute Gasteiger partial charge is 0.379 e. The van der Waals surface area contributed by atoms with E-state index in [1.54, 1.807) is 18.2 Å². The molecule has 33 heavy (non-hydrogen) atoms. The highest BCUT2D eigenvalue weighted by Gasteiger charge is 2.27. The summed E-state index contributed by atoms with van der Waals surface area (Å²) in [6, 6.07) is 6.24. The number of nitrogens with one attached hydrogen (secondary N) is 2. The van der Waals surface area contributed by atoms with Gasteiger partial charge < -0.3 is 20.3 Å². The number of likely N-dealkylation sites (tertiary alicyclic amines) is 1. The zero-order valence-electron chi connectivity index (χ0n) is 18.4. The van der Waals surface area contributed by atoms with E-state index >= 15 is 0 Å². The maximum atomic E-state index is 12.7. The highest BCUT2D eigenvalue weighted by molar-refractivity contribution is 5.94. The summed E-state index contributed by atoms with van der Waals surface area (Å²) in [5, 5.41) is 5.31. The van der Waals surface area contributed by atoms with Crippen LogP contribution >= 0.6 is 0 Å². The zero-order chi connectivity index (χ0) is 23.3. The molecule has 2 aromatic heterocycles. The fourth-order valence-electron chi connectivity index (χ4n) is 4.09. The number of carbonyl (C=O) groups is 1. The van der Waals surface area contributed by atoms with Gasteiger partial charge in [-0.15, -0.1) is 0 Å². The first-order chi connectivity index (χ1) is 15.9. The van der Waals surface area contributed by atoms with Crippen molar-refractivity contribution in [3.63, 3.8) is 0 Å². The van der Waals surface area contributed by atoms with E-state index in [1.165, 1.54) is 6.07 Å².